The minimum atomic E-state index is -4.56. The van der Waals surface area contributed by atoms with Crippen molar-refractivity contribution < 1.29 is 26.7 Å². The first-order valence-corrected chi connectivity index (χ1v) is 10.9. The van der Waals surface area contributed by atoms with E-state index in [1.54, 1.807) is 0 Å². The van der Waals surface area contributed by atoms with Crippen LogP contribution in [0.25, 0.3) is 11.4 Å². The van der Waals surface area contributed by atoms with Crippen LogP contribution in [0.1, 0.15) is 35.7 Å². The second-order valence-electron chi connectivity index (χ2n) is 8.24. The molecule has 35 heavy (non-hydrogen) atoms. The van der Waals surface area contributed by atoms with Crippen molar-refractivity contribution in [2.45, 2.75) is 32.0 Å². The number of amides is 1. The number of nitrogens with zero attached hydrogens (tertiary/aromatic N) is 5. The summed E-state index contributed by atoms with van der Waals surface area (Å²) in [6, 6.07) is 2.73. The van der Waals surface area contributed by atoms with E-state index in [-0.39, 0.29) is 35.4 Å². The van der Waals surface area contributed by atoms with Crippen LogP contribution >= 0.6 is 0 Å². The number of nitrogens with one attached hydrogen (secondary N) is 1. The number of hydrogen-bond acceptors (Lipinski definition) is 6. The van der Waals surface area contributed by atoms with Gasteiger partial charge in [0.2, 0.25) is 5.95 Å². The van der Waals surface area contributed by atoms with Crippen LogP contribution in [0, 0.1) is 17.6 Å². The van der Waals surface area contributed by atoms with E-state index in [4.69, 9.17) is 0 Å². The highest BCUT2D eigenvalue weighted by Gasteiger charge is 2.35. The topological polar surface area (TPSA) is 83.9 Å². The molecule has 2 aromatic heterocycles. The number of carbonyl (C=O) groups is 1. The fourth-order valence-electron chi connectivity index (χ4n) is 4.13. The molecule has 0 radical (unpaired) electrons. The maximum atomic E-state index is 14.8. The predicted octanol–water partition coefficient (Wildman–Crippen LogP) is 4.58. The Hall–Kier alpha value is -3.70. The molecule has 3 aromatic rings. The quantitative estimate of drug-likeness (QED) is 0.525. The number of benzene rings is 1. The summed E-state index contributed by atoms with van der Waals surface area (Å²) in [5.74, 6) is -2.56. The molecule has 3 heterocycles. The normalized spacial score (nSPS) is 18.4. The zero-order valence-corrected chi connectivity index (χ0v) is 18.6. The van der Waals surface area contributed by atoms with E-state index in [1.165, 1.54) is 23.4 Å². The van der Waals surface area contributed by atoms with Crippen molar-refractivity contribution in [3.05, 3.63) is 65.7 Å². The molecular formula is C23H21F5N6O. The van der Waals surface area contributed by atoms with Crippen molar-refractivity contribution in [1.29, 1.82) is 0 Å². The average Bonchev–Trinajstić information content (AvgIpc) is 2.82. The molecule has 1 unspecified atom stereocenters. The van der Waals surface area contributed by atoms with Gasteiger partial charge in [0.05, 0.1) is 22.7 Å². The maximum absolute atomic E-state index is 14.8. The monoisotopic (exact) mass is 492 g/mol. The van der Waals surface area contributed by atoms with Crippen LogP contribution in [0.5, 0.6) is 0 Å². The Morgan fingerprint density at radius 3 is 2.46 bits per heavy atom. The summed E-state index contributed by atoms with van der Waals surface area (Å²) in [6.45, 7) is 2.39. The minimum absolute atomic E-state index is 0.00974. The molecule has 1 aromatic carbocycles. The lowest BCUT2D eigenvalue weighted by Gasteiger charge is -2.40. The Morgan fingerprint density at radius 1 is 1.11 bits per heavy atom. The molecule has 1 amide bonds. The molecule has 0 saturated carbocycles. The van der Waals surface area contributed by atoms with Crippen LogP contribution < -0.4 is 5.32 Å². The lowest BCUT2D eigenvalue weighted by Crippen LogP contribution is -2.51. The Labute approximate surface area is 197 Å². The van der Waals surface area contributed by atoms with E-state index in [0.717, 1.165) is 12.5 Å². The lowest BCUT2D eigenvalue weighted by atomic mass is 9.89. The molecule has 7 nitrogen and oxygen atoms in total. The summed E-state index contributed by atoms with van der Waals surface area (Å²) in [6.07, 6.45) is 1.03. The van der Waals surface area contributed by atoms with Gasteiger partial charge in [0.25, 0.3) is 5.91 Å². The molecule has 184 valence electrons. The fourth-order valence-corrected chi connectivity index (χ4v) is 4.13. The molecule has 2 atom stereocenters. The second kappa shape index (κ2) is 9.88. The molecule has 0 aliphatic carbocycles. The molecule has 1 N–H and O–H groups in total. The molecule has 0 bridgehead atoms. The van der Waals surface area contributed by atoms with Crippen molar-refractivity contribution in [2.75, 3.05) is 18.4 Å². The van der Waals surface area contributed by atoms with Crippen LogP contribution in [0.4, 0.5) is 27.9 Å². The third-order valence-electron chi connectivity index (χ3n) is 5.90. The van der Waals surface area contributed by atoms with Gasteiger partial charge in [0.1, 0.15) is 11.6 Å². The summed E-state index contributed by atoms with van der Waals surface area (Å²) in [5, 5.41) is 2.87. The highest BCUT2D eigenvalue weighted by Crippen LogP contribution is 2.31. The van der Waals surface area contributed by atoms with E-state index in [1.807, 2.05) is 6.92 Å². The second-order valence-corrected chi connectivity index (χ2v) is 8.24. The van der Waals surface area contributed by atoms with Crippen molar-refractivity contribution in [3.8, 4) is 11.4 Å². The smallest absolute Gasteiger partial charge is 0.352 e. The Morgan fingerprint density at radius 2 is 1.80 bits per heavy atom. The van der Waals surface area contributed by atoms with Gasteiger partial charge in [0.15, 0.2) is 5.82 Å². The SMILES string of the molecule is CC1CCCN(C(=O)c2cc(F)cc(F)c2-c2ncccn2)[C@@H]1CNc1ncc(C(F)(F)F)cn1. The molecule has 1 aliphatic rings. The van der Waals surface area contributed by atoms with Gasteiger partial charge in [-0.2, -0.15) is 13.2 Å². The maximum Gasteiger partial charge on any atom is 0.419 e. The van der Waals surface area contributed by atoms with Gasteiger partial charge in [-0.15, -0.1) is 0 Å². The molecule has 1 saturated heterocycles. The average molecular weight is 492 g/mol. The van der Waals surface area contributed by atoms with Crippen molar-refractivity contribution >= 4 is 11.9 Å². The summed E-state index contributed by atoms with van der Waals surface area (Å²) >= 11 is 0. The third kappa shape index (κ3) is 5.36. The van der Waals surface area contributed by atoms with E-state index in [9.17, 15) is 26.7 Å². The van der Waals surface area contributed by atoms with E-state index < -0.39 is 35.3 Å². The van der Waals surface area contributed by atoms with Crippen molar-refractivity contribution in [3.63, 3.8) is 0 Å². The number of aromatic nitrogens is 4. The van der Waals surface area contributed by atoms with Crippen molar-refractivity contribution in [1.82, 2.24) is 24.8 Å². The van der Waals surface area contributed by atoms with E-state index >= 15 is 0 Å². The number of alkyl halides is 3. The Bertz CT molecular complexity index is 1190. The first kappa shape index (κ1) is 24.4. The highest BCUT2D eigenvalue weighted by atomic mass is 19.4. The third-order valence-corrected chi connectivity index (χ3v) is 5.90. The van der Waals surface area contributed by atoms with Crippen molar-refractivity contribution in [2.24, 2.45) is 5.92 Å². The number of hydrogen-bond donors (Lipinski definition) is 1. The molecule has 1 aliphatic heterocycles. The van der Waals surface area contributed by atoms with Gasteiger partial charge in [-0.05, 0) is 30.9 Å². The predicted molar refractivity (Wildman–Crippen MR) is 116 cm³/mol. The van der Waals surface area contributed by atoms with Gasteiger partial charge in [-0.3, -0.25) is 4.79 Å². The highest BCUT2D eigenvalue weighted by molar-refractivity contribution is 6.00. The van der Waals surface area contributed by atoms with Gasteiger partial charge < -0.3 is 10.2 Å². The minimum Gasteiger partial charge on any atom is -0.352 e. The standard InChI is InChI=1S/C23H21F5N6O/c1-13-4-2-7-34(18(13)12-33-22-31-10-14(11-32-22)23(26,27)28)21(35)16-8-15(24)9-17(25)19(16)20-29-5-3-6-30-20/h3,5-6,8-11,13,18H,2,4,7,12H2,1H3,(H,31,32,33)/t13?,18-/m1/s1. The zero-order valence-electron chi connectivity index (χ0n) is 18.6. The largest absolute Gasteiger partial charge is 0.419 e. The van der Waals surface area contributed by atoms with Gasteiger partial charge >= 0.3 is 6.18 Å². The lowest BCUT2D eigenvalue weighted by molar-refractivity contribution is -0.138. The van der Waals surface area contributed by atoms with Crippen LogP contribution in [-0.4, -0.2) is 49.9 Å². The first-order chi connectivity index (χ1) is 16.6. The van der Waals surface area contributed by atoms with Crippen LogP contribution in [-0.2, 0) is 6.18 Å². The van der Waals surface area contributed by atoms with E-state index in [2.05, 4.69) is 25.3 Å². The molecule has 1 fully saturated rings. The number of carbonyl (C=O) groups excluding carboxylic acids is 1. The molecule has 12 heteroatoms. The van der Waals surface area contributed by atoms with Gasteiger partial charge in [0, 0.05) is 43.9 Å². The number of rotatable bonds is 5. The summed E-state index contributed by atoms with van der Waals surface area (Å²) in [7, 11) is 0. The number of halogens is 5. The van der Waals surface area contributed by atoms with Gasteiger partial charge in [-0.1, -0.05) is 6.92 Å². The zero-order chi connectivity index (χ0) is 25.2. The summed E-state index contributed by atoms with van der Waals surface area (Å²) in [4.78, 5) is 30.5. The summed E-state index contributed by atoms with van der Waals surface area (Å²) < 4.78 is 67.2. The molecule has 0 spiro atoms. The van der Waals surface area contributed by atoms with E-state index in [0.29, 0.717) is 31.4 Å². The van der Waals surface area contributed by atoms with Crippen LogP contribution in [0.3, 0.4) is 0 Å². The number of anilines is 1. The summed E-state index contributed by atoms with van der Waals surface area (Å²) in [5.41, 5.74) is -1.39. The fraction of sp³-hybridized carbons (Fsp3) is 0.348. The number of piperidine rings is 1. The van der Waals surface area contributed by atoms with Crippen LogP contribution in [0.2, 0.25) is 0 Å². The molecular weight excluding hydrogens is 471 g/mol. The van der Waals surface area contributed by atoms with Gasteiger partial charge in [-0.25, -0.2) is 28.7 Å². The Balaban J connectivity index is 1.60. The number of likely N-dealkylation sites (tertiary alicyclic amines) is 1. The first-order valence-electron chi connectivity index (χ1n) is 10.9. The van der Waals surface area contributed by atoms with Crippen LogP contribution in [0.15, 0.2) is 43.0 Å². The Kier molecular flexibility index (Phi) is 6.90. The molecule has 4 rings (SSSR count).